The van der Waals surface area contributed by atoms with Crippen LogP contribution in [0, 0.1) is 18.2 Å². The van der Waals surface area contributed by atoms with E-state index in [9.17, 15) is 10.2 Å². The van der Waals surface area contributed by atoms with Gasteiger partial charge in [0.2, 0.25) is 0 Å². The Kier molecular flexibility index (Phi) is 6.25. The fraction of sp³-hybridized carbons (Fsp3) is 0.250. The molecule has 0 saturated carbocycles. The average Bonchev–Trinajstić information content (AvgIpc) is 2.92. The monoisotopic (exact) mass is 467 g/mol. The zero-order valence-electron chi connectivity index (χ0n) is 18.2. The van der Waals surface area contributed by atoms with Crippen LogP contribution in [0.5, 0.6) is 0 Å². The molecule has 7 nitrogen and oxygen atoms in total. The lowest BCUT2D eigenvalue weighted by Crippen LogP contribution is -2.31. The molecule has 3 aromatic rings. The summed E-state index contributed by atoms with van der Waals surface area (Å²) < 4.78 is 15.0. The summed E-state index contributed by atoms with van der Waals surface area (Å²) in [5.74, 6) is -0.799. The van der Waals surface area contributed by atoms with Gasteiger partial charge < -0.3 is 15.5 Å². The Hall–Kier alpha value is -3.20. The summed E-state index contributed by atoms with van der Waals surface area (Å²) in [5.41, 5.74) is 2.45. The number of nitrogens with one attached hydrogen (secondary N) is 2. The molecular weight excluding hydrogens is 445 g/mol. The average molecular weight is 468 g/mol. The van der Waals surface area contributed by atoms with Crippen molar-refractivity contribution in [1.82, 2.24) is 9.97 Å². The van der Waals surface area contributed by atoms with E-state index >= 15 is 4.39 Å². The molecule has 3 heterocycles. The molecule has 0 fully saturated rings. The van der Waals surface area contributed by atoms with E-state index in [4.69, 9.17) is 17.0 Å². The molecule has 9 heteroatoms. The Labute approximate surface area is 195 Å². The second-order valence-corrected chi connectivity index (χ2v) is 8.53. The van der Waals surface area contributed by atoms with E-state index in [0.29, 0.717) is 39.6 Å². The number of nitrogens with zero attached hydrogens (tertiary/aromatic N) is 3. The van der Waals surface area contributed by atoms with Crippen molar-refractivity contribution in [3.8, 4) is 0 Å². The number of hydrogen-bond donors (Lipinski definition) is 4. The Morgan fingerprint density at radius 1 is 1.24 bits per heavy atom. The summed E-state index contributed by atoms with van der Waals surface area (Å²) in [4.78, 5) is 12.9. The lowest BCUT2D eigenvalue weighted by Gasteiger charge is -2.17. The van der Waals surface area contributed by atoms with Crippen LogP contribution in [0.4, 0.5) is 10.1 Å². The number of aliphatic hydroxyl groups excluding tert-OH is 1. The first-order valence-electron chi connectivity index (χ1n) is 10.3. The quantitative estimate of drug-likeness (QED) is 0.443. The maximum Gasteiger partial charge on any atom is 0.152 e. The minimum atomic E-state index is -1.44. The lowest BCUT2D eigenvalue weighted by molar-refractivity contribution is 0.134. The molecule has 4 rings (SSSR count). The predicted molar refractivity (Wildman–Crippen MR) is 128 cm³/mol. The van der Waals surface area contributed by atoms with Crippen LogP contribution in [0.3, 0.4) is 0 Å². The number of aryl methyl sites for hydroxylation is 1. The van der Waals surface area contributed by atoms with Gasteiger partial charge in [0.15, 0.2) is 11.7 Å². The van der Waals surface area contributed by atoms with E-state index in [1.165, 1.54) is 19.2 Å². The van der Waals surface area contributed by atoms with E-state index in [0.717, 1.165) is 11.1 Å². The third kappa shape index (κ3) is 4.64. The van der Waals surface area contributed by atoms with E-state index in [1.54, 1.807) is 13.0 Å². The van der Waals surface area contributed by atoms with E-state index < -0.39 is 11.4 Å². The van der Waals surface area contributed by atoms with Crippen LogP contribution in [0.15, 0.2) is 41.4 Å². The van der Waals surface area contributed by atoms with Gasteiger partial charge in [-0.1, -0.05) is 41.9 Å². The fourth-order valence-corrected chi connectivity index (χ4v) is 3.74. The van der Waals surface area contributed by atoms with Gasteiger partial charge in [-0.3, -0.25) is 5.41 Å². The van der Waals surface area contributed by atoms with Gasteiger partial charge >= 0.3 is 0 Å². The third-order valence-corrected chi connectivity index (χ3v) is 5.96. The Balaban J connectivity index is 1.78. The van der Waals surface area contributed by atoms with E-state index in [2.05, 4.69) is 20.3 Å². The number of fused-ring (bicyclic) bond motifs is 1. The second kappa shape index (κ2) is 8.97. The first kappa shape index (κ1) is 23.0. The van der Waals surface area contributed by atoms with Crippen LogP contribution >= 0.6 is 11.6 Å². The van der Waals surface area contributed by atoms with Crippen LogP contribution in [-0.4, -0.2) is 37.8 Å². The Bertz CT molecular complexity index is 1320. The fourth-order valence-electron chi connectivity index (χ4n) is 3.54. The molecule has 2 aromatic heterocycles. The van der Waals surface area contributed by atoms with Crippen molar-refractivity contribution in [2.24, 2.45) is 4.99 Å². The highest BCUT2D eigenvalue weighted by Crippen LogP contribution is 2.34. The third-order valence-electron chi connectivity index (χ3n) is 5.50. The SMILES string of the molecule is Cc1nc2cc(F)c(C3=CCC(C)(O)C(=N)N=C3)nc2c(NCc2cccc(CO)c2)c1Cl. The number of pyridine rings is 2. The summed E-state index contributed by atoms with van der Waals surface area (Å²) in [6, 6.07) is 8.78. The summed E-state index contributed by atoms with van der Waals surface area (Å²) in [7, 11) is 0. The zero-order valence-corrected chi connectivity index (χ0v) is 18.9. The summed E-state index contributed by atoms with van der Waals surface area (Å²) in [6.07, 6.45) is 3.04. The number of aliphatic hydroxyl groups is 2. The van der Waals surface area contributed by atoms with Gasteiger partial charge in [-0.2, -0.15) is 0 Å². The number of aromatic nitrogens is 2. The predicted octanol–water partition coefficient (Wildman–Crippen LogP) is 4.42. The van der Waals surface area contributed by atoms with Gasteiger partial charge in [-0.25, -0.2) is 19.4 Å². The van der Waals surface area contributed by atoms with Gasteiger partial charge in [0.25, 0.3) is 0 Å². The molecular formula is C24H23ClFN5O2. The van der Waals surface area contributed by atoms with Crippen molar-refractivity contribution in [2.75, 3.05) is 5.32 Å². The summed E-state index contributed by atoms with van der Waals surface area (Å²) in [5, 5.41) is 31.2. The molecule has 33 heavy (non-hydrogen) atoms. The normalized spacial score (nSPS) is 18.4. The number of aliphatic imine (C=N–C) groups is 1. The number of amidine groups is 1. The maximum absolute atomic E-state index is 15.0. The molecule has 1 aliphatic rings. The number of benzene rings is 1. The van der Waals surface area contributed by atoms with Crippen molar-refractivity contribution in [1.29, 1.82) is 5.41 Å². The van der Waals surface area contributed by atoms with Crippen LogP contribution in [0.1, 0.15) is 35.9 Å². The van der Waals surface area contributed by atoms with Crippen molar-refractivity contribution in [3.05, 3.63) is 69.8 Å². The van der Waals surface area contributed by atoms with Crippen molar-refractivity contribution < 1.29 is 14.6 Å². The zero-order chi connectivity index (χ0) is 23.8. The van der Waals surface area contributed by atoms with Crippen LogP contribution in [-0.2, 0) is 13.2 Å². The lowest BCUT2D eigenvalue weighted by atomic mass is 10.00. The largest absolute Gasteiger partial charge is 0.392 e. The van der Waals surface area contributed by atoms with Gasteiger partial charge in [0.05, 0.1) is 28.5 Å². The van der Waals surface area contributed by atoms with Crippen LogP contribution < -0.4 is 5.32 Å². The molecule has 0 amide bonds. The Morgan fingerprint density at radius 3 is 2.76 bits per heavy atom. The van der Waals surface area contributed by atoms with E-state index in [1.807, 2.05) is 24.3 Å². The topological polar surface area (TPSA) is 114 Å². The summed E-state index contributed by atoms with van der Waals surface area (Å²) >= 11 is 6.56. The molecule has 1 unspecified atom stereocenters. The number of allylic oxidation sites excluding steroid dienone is 1. The van der Waals surface area contributed by atoms with Gasteiger partial charge in [-0.05, 0) is 25.0 Å². The number of halogens is 2. The molecule has 1 aromatic carbocycles. The molecule has 0 aliphatic carbocycles. The molecule has 1 aliphatic heterocycles. The van der Waals surface area contributed by atoms with Gasteiger partial charge in [0.1, 0.15) is 16.8 Å². The van der Waals surface area contributed by atoms with Crippen molar-refractivity contribution >= 4 is 45.9 Å². The van der Waals surface area contributed by atoms with Gasteiger partial charge in [0, 0.05) is 30.8 Å². The minimum Gasteiger partial charge on any atom is -0.392 e. The van der Waals surface area contributed by atoms with Crippen LogP contribution in [0.2, 0.25) is 5.02 Å². The molecule has 1 atom stereocenters. The van der Waals surface area contributed by atoms with Crippen molar-refractivity contribution in [2.45, 2.75) is 39.0 Å². The highest BCUT2D eigenvalue weighted by molar-refractivity contribution is 6.35. The van der Waals surface area contributed by atoms with Crippen LogP contribution in [0.25, 0.3) is 16.6 Å². The molecule has 0 saturated heterocycles. The number of rotatable bonds is 5. The molecule has 0 spiro atoms. The van der Waals surface area contributed by atoms with Gasteiger partial charge in [-0.15, -0.1) is 0 Å². The van der Waals surface area contributed by atoms with Crippen molar-refractivity contribution in [3.63, 3.8) is 0 Å². The summed E-state index contributed by atoms with van der Waals surface area (Å²) in [6.45, 7) is 3.57. The highest BCUT2D eigenvalue weighted by Gasteiger charge is 2.28. The standard InChI is InChI=1S/C24H23ClFN5O2/c1-13-19(25)22(28-10-14-4-3-5-15(8-14)12-32)21-18(30-13)9-17(26)20(31-21)16-6-7-24(2,33)23(27)29-11-16/h3-6,8-9,11,27,32-33H,7,10,12H2,1-2H3,(H,28,30). The molecule has 4 N–H and O–H groups in total. The van der Waals surface area contributed by atoms with E-state index in [-0.39, 0.29) is 24.6 Å². The molecule has 170 valence electrons. The maximum atomic E-state index is 15.0. The first-order chi connectivity index (χ1) is 15.7. The minimum absolute atomic E-state index is 0.0313. The number of anilines is 1. The number of hydrogen-bond acceptors (Lipinski definition) is 6. The molecule has 0 radical (unpaired) electrons. The first-order valence-corrected chi connectivity index (χ1v) is 10.7. The second-order valence-electron chi connectivity index (χ2n) is 8.15. The Morgan fingerprint density at radius 2 is 2.00 bits per heavy atom. The smallest absolute Gasteiger partial charge is 0.152 e. The molecule has 0 bridgehead atoms. The highest BCUT2D eigenvalue weighted by atomic mass is 35.5.